The van der Waals surface area contributed by atoms with Gasteiger partial charge in [-0.2, -0.15) is 0 Å². The molecule has 3 rings (SSSR count). The summed E-state index contributed by atoms with van der Waals surface area (Å²) in [6.07, 6.45) is 1.49. The van der Waals surface area contributed by atoms with E-state index in [0.717, 1.165) is 26.2 Å². The molecule has 2 aromatic carbocycles. The number of nitrogens with zero attached hydrogens (tertiary/aromatic N) is 2. The van der Waals surface area contributed by atoms with Crippen LogP contribution in [0.15, 0.2) is 46.4 Å². The van der Waals surface area contributed by atoms with Crippen molar-refractivity contribution in [2.45, 2.75) is 13.8 Å². The van der Waals surface area contributed by atoms with Crippen LogP contribution in [0.5, 0.6) is 0 Å². The summed E-state index contributed by atoms with van der Waals surface area (Å²) >= 11 is 3.50. The van der Waals surface area contributed by atoms with Crippen molar-refractivity contribution in [2.75, 3.05) is 23.9 Å². The highest BCUT2D eigenvalue weighted by atomic mass is 79.9. The Morgan fingerprint density at radius 3 is 2.21 bits per heavy atom. The zero-order chi connectivity index (χ0) is 20.6. The van der Waals surface area contributed by atoms with Gasteiger partial charge in [0.05, 0.1) is 11.4 Å². The number of barbiturate groups is 1. The molecular weight excluding hydrogens is 422 g/mol. The Morgan fingerprint density at radius 1 is 1.00 bits per heavy atom. The fourth-order valence-corrected chi connectivity index (χ4v) is 3.87. The molecule has 4 amide bonds. The van der Waals surface area contributed by atoms with Gasteiger partial charge in [-0.15, -0.1) is 0 Å². The summed E-state index contributed by atoms with van der Waals surface area (Å²) in [4.78, 5) is 40.6. The molecule has 1 saturated heterocycles. The first-order valence-electron chi connectivity index (χ1n) is 8.64. The van der Waals surface area contributed by atoms with Crippen molar-refractivity contribution in [1.29, 1.82) is 0 Å². The van der Waals surface area contributed by atoms with Gasteiger partial charge < -0.3 is 4.90 Å². The van der Waals surface area contributed by atoms with E-state index < -0.39 is 17.8 Å². The number of amides is 4. The maximum atomic E-state index is 13.0. The van der Waals surface area contributed by atoms with Gasteiger partial charge in [0.25, 0.3) is 11.8 Å². The number of aryl methyl sites for hydroxylation is 2. The Hall–Kier alpha value is -2.93. The normalized spacial score (nSPS) is 15.8. The first kappa shape index (κ1) is 19.8. The van der Waals surface area contributed by atoms with Gasteiger partial charge in [-0.05, 0) is 76.8 Å². The van der Waals surface area contributed by atoms with Crippen LogP contribution in [0.3, 0.4) is 0 Å². The molecule has 1 N–H and O–H groups in total. The van der Waals surface area contributed by atoms with Gasteiger partial charge >= 0.3 is 6.03 Å². The van der Waals surface area contributed by atoms with Gasteiger partial charge in [0.2, 0.25) is 0 Å². The van der Waals surface area contributed by atoms with E-state index >= 15 is 0 Å². The second kappa shape index (κ2) is 7.59. The lowest BCUT2D eigenvalue weighted by molar-refractivity contribution is -0.122. The minimum Gasteiger partial charge on any atom is -0.377 e. The quantitative estimate of drug-likeness (QED) is 0.580. The molecule has 0 aromatic heterocycles. The molecule has 0 unspecified atom stereocenters. The summed E-state index contributed by atoms with van der Waals surface area (Å²) in [6.45, 7) is 3.77. The maximum absolute atomic E-state index is 13.0. The molecule has 1 aliphatic heterocycles. The predicted molar refractivity (Wildman–Crippen MR) is 113 cm³/mol. The summed E-state index contributed by atoms with van der Waals surface area (Å²) in [7, 11) is 3.84. The lowest BCUT2D eigenvalue weighted by atomic mass is 10.1. The summed E-state index contributed by atoms with van der Waals surface area (Å²) < 4.78 is 0.831. The van der Waals surface area contributed by atoms with Crippen LogP contribution in [0.2, 0.25) is 0 Å². The second-order valence-corrected chi connectivity index (χ2v) is 7.76. The van der Waals surface area contributed by atoms with Crippen LogP contribution in [0.25, 0.3) is 6.08 Å². The van der Waals surface area contributed by atoms with Gasteiger partial charge in [-0.3, -0.25) is 14.9 Å². The van der Waals surface area contributed by atoms with Crippen LogP contribution in [-0.4, -0.2) is 31.9 Å². The van der Waals surface area contributed by atoms with E-state index in [9.17, 15) is 14.4 Å². The van der Waals surface area contributed by atoms with Crippen LogP contribution in [-0.2, 0) is 9.59 Å². The van der Waals surface area contributed by atoms with Gasteiger partial charge in [-0.25, -0.2) is 9.69 Å². The number of hydrogen-bond donors (Lipinski definition) is 1. The number of hydrogen-bond acceptors (Lipinski definition) is 4. The maximum Gasteiger partial charge on any atom is 0.335 e. The fraction of sp³-hybridized carbons (Fsp3) is 0.190. The Bertz CT molecular complexity index is 1010. The van der Waals surface area contributed by atoms with Gasteiger partial charge in [0.15, 0.2) is 0 Å². The molecule has 28 heavy (non-hydrogen) atoms. The minimum atomic E-state index is -0.749. The van der Waals surface area contributed by atoms with E-state index in [0.29, 0.717) is 11.3 Å². The third-order valence-corrected chi connectivity index (χ3v) is 4.97. The Balaban J connectivity index is 2.02. The SMILES string of the molecule is Cc1cc(C)cc(N2C(=O)NC(=O)C(=Cc3ccc(N(C)C)c(Br)c3)C2=O)c1. The number of halogens is 1. The minimum absolute atomic E-state index is 0.0942. The highest BCUT2D eigenvalue weighted by Gasteiger charge is 2.36. The number of anilines is 2. The molecule has 0 spiro atoms. The molecule has 144 valence electrons. The Labute approximate surface area is 171 Å². The lowest BCUT2D eigenvalue weighted by Gasteiger charge is -2.27. The Morgan fingerprint density at radius 2 is 1.64 bits per heavy atom. The zero-order valence-corrected chi connectivity index (χ0v) is 17.6. The first-order valence-corrected chi connectivity index (χ1v) is 9.43. The number of nitrogens with one attached hydrogen (secondary N) is 1. The van der Waals surface area contributed by atoms with Crippen molar-refractivity contribution in [3.05, 3.63) is 63.1 Å². The van der Waals surface area contributed by atoms with Crippen molar-refractivity contribution in [3.63, 3.8) is 0 Å². The highest BCUT2D eigenvalue weighted by Crippen LogP contribution is 2.28. The predicted octanol–water partition coefficient (Wildman–Crippen LogP) is 3.80. The summed E-state index contributed by atoms with van der Waals surface area (Å²) in [5.74, 6) is -1.35. The number of urea groups is 1. The molecule has 0 radical (unpaired) electrons. The smallest absolute Gasteiger partial charge is 0.335 e. The molecule has 1 fully saturated rings. The zero-order valence-electron chi connectivity index (χ0n) is 16.0. The largest absolute Gasteiger partial charge is 0.377 e. The van der Waals surface area contributed by atoms with Crippen molar-refractivity contribution < 1.29 is 14.4 Å². The van der Waals surface area contributed by atoms with Gasteiger partial charge in [-0.1, -0.05) is 12.1 Å². The summed E-state index contributed by atoms with van der Waals surface area (Å²) in [5.41, 5.74) is 3.81. The monoisotopic (exact) mass is 441 g/mol. The van der Waals surface area contributed by atoms with Crippen LogP contribution in [0, 0.1) is 13.8 Å². The number of carbonyl (C=O) groups excluding carboxylic acids is 3. The molecular formula is C21H20BrN3O3. The van der Waals surface area contributed by atoms with Crippen LogP contribution in [0.1, 0.15) is 16.7 Å². The van der Waals surface area contributed by atoms with Crippen molar-refractivity contribution >= 4 is 51.2 Å². The molecule has 2 aromatic rings. The van der Waals surface area contributed by atoms with Crippen LogP contribution >= 0.6 is 15.9 Å². The standard InChI is InChI=1S/C21H20BrN3O3/c1-12-7-13(2)9-15(8-12)25-20(27)16(19(26)23-21(25)28)10-14-5-6-18(24(3)4)17(22)11-14/h5-11H,1-4H3,(H,23,26,28). The molecule has 0 bridgehead atoms. The number of imide groups is 2. The third kappa shape index (κ3) is 3.84. The average Bonchev–Trinajstić information content (AvgIpc) is 2.57. The van der Waals surface area contributed by atoms with E-state index in [-0.39, 0.29) is 5.57 Å². The molecule has 0 aliphatic carbocycles. The molecule has 1 aliphatic rings. The topological polar surface area (TPSA) is 69.7 Å². The van der Waals surface area contributed by atoms with E-state index in [1.165, 1.54) is 6.08 Å². The first-order chi connectivity index (χ1) is 13.2. The third-order valence-electron chi connectivity index (χ3n) is 4.33. The van der Waals surface area contributed by atoms with Crippen molar-refractivity contribution in [3.8, 4) is 0 Å². The van der Waals surface area contributed by atoms with Crippen LogP contribution in [0.4, 0.5) is 16.2 Å². The molecule has 0 saturated carbocycles. The summed E-state index contributed by atoms with van der Waals surface area (Å²) in [5, 5.41) is 2.25. The summed E-state index contributed by atoms with van der Waals surface area (Å²) in [6, 6.07) is 10.2. The molecule has 6 nitrogen and oxygen atoms in total. The average molecular weight is 442 g/mol. The second-order valence-electron chi connectivity index (χ2n) is 6.91. The molecule has 1 heterocycles. The fourth-order valence-electron chi connectivity index (χ4n) is 3.11. The van der Waals surface area contributed by atoms with E-state index in [4.69, 9.17) is 0 Å². The highest BCUT2D eigenvalue weighted by molar-refractivity contribution is 9.10. The number of rotatable bonds is 3. The van der Waals surface area contributed by atoms with E-state index in [1.54, 1.807) is 12.1 Å². The van der Waals surface area contributed by atoms with E-state index in [1.807, 2.05) is 57.1 Å². The van der Waals surface area contributed by atoms with Crippen LogP contribution < -0.4 is 15.1 Å². The number of carbonyl (C=O) groups is 3. The lowest BCUT2D eigenvalue weighted by Crippen LogP contribution is -2.54. The van der Waals surface area contributed by atoms with Crippen molar-refractivity contribution in [2.24, 2.45) is 0 Å². The van der Waals surface area contributed by atoms with E-state index in [2.05, 4.69) is 21.2 Å². The molecule has 7 heteroatoms. The molecule has 0 atom stereocenters. The van der Waals surface area contributed by atoms with Crippen molar-refractivity contribution in [1.82, 2.24) is 5.32 Å². The van der Waals surface area contributed by atoms with Gasteiger partial charge in [0.1, 0.15) is 5.57 Å². The number of benzene rings is 2. The Kier molecular flexibility index (Phi) is 5.38. The van der Waals surface area contributed by atoms with Gasteiger partial charge in [0, 0.05) is 18.6 Å².